The molecule has 0 saturated carbocycles. The lowest BCUT2D eigenvalue weighted by Crippen LogP contribution is -2.32. The van der Waals surface area contributed by atoms with Crippen LogP contribution in [0.15, 0.2) is 58.3 Å². The maximum atomic E-state index is 13.3. The Kier molecular flexibility index (Phi) is 6.38. The first-order valence-corrected chi connectivity index (χ1v) is 10.2. The lowest BCUT2D eigenvalue weighted by molar-refractivity contribution is 0.0932. The number of nitrogens with one attached hydrogen (secondary N) is 2. The molecular weight excluding hydrogens is 364 g/mol. The Labute approximate surface area is 159 Å². The number of hydrogen-bond acceptors (Lipinski definition) is 4. The smallest absolute Gasteiger partial charge is 0.252 e. The summed E-state index contributed by atoms with van der Waals surface area (Å²) < 4.78 is 26.6. The third kappa shape index (κ3) is 4.74. The highest BCUT2D eigenvalue weighted by Crippen LogP contribution is 2.27. The van der Waals surface area contributed by atoms with E-state index in [0.29, 0.717) is 0 Å². The fourth-order valence-corrected chi connectivity index (χ4v) is 4.23. The predicted octanol–water partition coefficient (Wildman–Crippen LogP) is 2.80. The van der Waals surface area contributed by atoms with Crippen LogP contribution in [0, 0.1) is 0 Å². The molecule has 0 saturated heterocycles. The van der Waals surface area contributed by atoms with Gasteiger partial charge < -0.3 is 10.6 Å². The zero-order chi connectivity index (χ0) is 20.2. The largest absolute Gasteiger partial charge is 0.350 e. The fraction of sp³-hybridized carbons (Fsp3) is 0.300. The van der Waals surface area contributed by atoms with Crippen LogP contribution in [0.2, 0.25) is 0 Å². The molecule has 0 radical (unpaired) electrons. The third-order valence-electron chi connectivity index (χ3n) is 3.68. The monoisotopic (exact) mass is 388 g/mol. The average Bonchev–Trinajstić information content (AvgIpc) is 2.60. The molecular formula is C20H24N2O4S. The number of hydrogen-bond donors (Lipinski definition) is 2. The summed E-state index contributed by atoms with van der Waals surface area (Å²) in [5.74, 6) is -0.957. The highest BCUT2D eigenvalue weighted by atomic mass is 32.2. The number of rotatable bonds is 6. The van der Waals surface area contributed by atoms with Gasteiger partial charge in [0.15, 0.2) is 0 Å². The Bertz CT molecular complexity index is 878. The van der Waals surface area contributed by atoms with Crippen molar-refractivity contribution in [2.45, 2.75) is 49.6 Å². The van der Waals surface area contributed by atoms with E-state index in [2.05, 4.69) is 10.6 Å². The van der Waals surface area contributed by atoms with Crippen LogP contribution in [0.4, 0.5) is 0 Å². The van der Waals surface area contributed by atoms with Gasteiger partial charge in [-0.25, -0.2) is 8.42 Å². The molecule has 0 heterocycles. The molecule has 2 aromatic rings. The summed E-state index contributed by atoms with van der Waals surface area (Å²) in [6.45, 7) is 7.17. The van der Waals surface area contributed by atoms with E-state index in [1.165, 1.54) is 24.3 Å². The van der Waals surface area contributed by atoms with Crippen molar-refractivity contribution in [1.29, 1.82) is 0 Å². The topological polar surface area (TPSA) is 92.3 Å². The van der Waals surface area contributed by atoms with Crippen LogP contribution >= 0.6 is 0 Å². The minimum atomic E-state index is -4.08. The fourth-order valence-electron chi connectivity index (χ4n) is 2.58. The van der Waals surface area contributed by atoms with Gasteiger partial charge in [0.05, 0.1) is 20.9 Å². The van der Waals surface area contributed by atoms with Crippen LogP contribution in [-0.4, -0.2) is 32.3 Å². The summed E-state index contributed by atoms with van der Waals surface area (Å²) in [6.07, 6.45) is 0. The van der Waals surface area contributed by atoms with E-state index in [9.17, 15) is 18.0 Å². The van der Waals surface area contributed by atoms with Crippen molar-refractivity contribution < 1.29 is 18.0 Å². The second kappa shape index (κ2) is 8.35. The Balaban J connectivity index is 2.59. The molecule has 0 aliphatic heterocycles. The van der Waals surface area contributed by atoms with E-state index >= 15 is 0 Å². The summed E-state index contributed by atoms with van der Waals surface area (Å²) in [7, 11) is -4.08. The molecule has 2 amide bonds. The van der Waals surface area contributed by atoms with Crippen molar-refractivity contribution in [3.63, 3.8) is 0 Å². The van der Waals surface area contributed by atoms with Gasteiger partial charge in [-0.05, 0) is 52.0 Å². The average molecular weight is 388 g/mol. The molecule has 2 rings (SSSR count). The second-order valence-electron chi connectivity index (χ2n) is 6.75. The van der Waals surface area contributed by atoms with Crippen molar-refractivity contribution in [1.82, 2.24) is 10.6 Å². The van der Waals surface area contributed by atoms with Gasteiger partial charge in [-0.15, -0.1) is 0 Å². The van der Waals surface area contributed by atoms with Crippen LogP contribution < -0.4 is 10.6 Å². The lowest BCUT2D eigenvalue weighted by Gasteiger charge is -2.15. The second-order valence-corrected chi connectivity index (χ2v) is 8.64. The molecule has 0 aromatic heterocycles. The lowest BCUT2D eigenvalue weighted by atomic mass is 10.2. The minimum absolute atomic E-state index is 0.0465. The van der Waals surface area contributed by atoms with Crippen molar-refractivity contribution >= 4 is 21.7 Å². The summed E-state index contributed by atoms with van der Waals surface area (Å²) >= 11 is 0. The van der Waals surface area contributed by atoms with E-state index in [4.69, 9.17) is 0 Å². The van der Waals surface area contributed by atoms with Crippen molar-refractivity contribution in [2.75, 3.05) is 0 Å². The van der Waals surface area contributed by atoms with E-state index in [-0.39, 0.29) is 33.0 Å². The highest BCUT2D eigenvalue weighted by molar-refractivity contribution is 7.91. The molecule has 6 nitrogen and oxygen atoms in total. The summed E-state index contributed by atoms with van der Waals surface area (Å²) in [4.78, 5) is 24.7. The maximum absolute atomic E-state index is 13.3. The zero-order valence-electron chi connectivity index (χ0n) is 15.8. The third-order valence-corrected chi connectivity index (χ3v) is 5.55. The van der Waals surface area contributed by atoms with Gasteiger partial charge in [0.2, 0.25) is 9.84 Å². The molecule has 0 spiro atoms. The SMILES string of the molecule is CC(C)NC(=O)c1ccccc1S(=O)(=O)c1ccccc1C(=O)NC(C)C. The number of sulfone groups is 1. The van der Waals surface area contributed by atoms with Crippen LogP contribution in [0.1, 0.15) is 48.4 Å². The molecule has 7 heteroatoms. The van der Waals surface area contributed by atoms with Gasteiger partial charge >= 0.3 is 0 Å². The molecule has 144 valence electrons. The van der Waals surface area contributed by atoms with E-state index < -0.39 is 21.7 Å². The Morgan fingerprint density at radius 2 is 1.04 bits per heavy atom. The Morgan fingerprint density at radius 3 is 1.37 bits per heavy atom. The minimum Gasteiger partial charge on any atom is -0.350 e. The summed E-state index contributed by atoms with van der Waals surface area (Å²) in [6, 6.07) is 11.7. The van der Waals surface area contributed by atoms with Crippen LogP contribution in [0.5, 0.6) is 0 Å². The summed E-state index contributed by atoms with van der Waals surface area (Å²) in [5, 5.41) is 5.41. The molecule has 0 bridgehead atoms. The Morgan fingerprint density at radius 1 is 0.704 bits per heavy atom. The maximum Gasteiger partial charge on any atom is 0.252 e. The number of carbonyl (C=O) groups is 2. The molecule has 2 N–H and O–H groups in total. The molecule has 0 unspecified atom stereocenters. The van der Waals surface area contributed by atoms with Gasteiger partial charge in [0.1, 0.15) is 0 Å². The quantitative estimate of drug-likeness (QED) is 0.796. The Hall–Kier alpha value is -2.67. The molecule has 0 aliphatic rings. The van der Waals surface area contributed by atoms with E-state index in [1.807, 2.05) is 0 Å². The van der Waals surface area contributed by atoms with Crippen molar-refractivity contribution in [3.05, 3.63) is 59.7 Å². The number of amides is 2. The molecule has 0 atom stereocenters. The van der Waals surface area contributed by atoms with Gasteiger partial charge in [-0.1, -0.05) is 24.3 Å². The molecule has 0 fully saturated rings. The van der Waals surface area contributed by atoms with Crippen molar-refractivity contribution in [3.8, 4) is 0 Å². The van der Waals surface area contributed by atoms with Gasteiger partial charge in [-0.3, -0.25) is 9.59 Å². The van der Waals surface area contributed by atoms with Crippen LogP contribution in [0.25, 0.3) is 0 Å². The number of benzene rings is 2. The van der Waals surface area contributed by atoms with Gasteiger partial charge in [0, 0.05) is 12.1 Å². The molecule has 0 aliphatic carbocycles. The van der Waals surface area contributed by atoms with Crippen LogP contribution in [-0.2, 0) is 9.84 Å². The van der Waals surface area contributed by atoms with Crippen LogP contribution in [0.3, 0.4) is 0 Å². The van der Waals surface area contributed by atoms with Crippen molar-refractivity contribution in [2.24, 2.45) is 0 Å². The highest BCUT2D eigenvalue weighted by Gasteiger charge is 2.28. The van der Waals surface area contributed by atoms with E-state index in [1.54, 1.807) is 52.0 Å². The molecule has 27 heavy (non-hydrogen) atoms. The van der Waals surface area contributed by atoms with E-state index in [0.717, 1.165) is 0 Å². The standard InChI is InChI=1S/C20H24N2O4S/c1-13(2)21-19(23)15-9-5-7-11-17(15)27(25,26)18-12-8-6-10-16(18)20(24)22-14(3)4/h5-14H,1-4H3,(H,21,23)(H,22,24). The zero-order valence-corrected chi connectivity index (χ0v) is 16.6. The van der Waals surface area contributed by atoms with Gasteiger partial charge in [0.25, 0.3) is 11.8 Å². The first-order valence-electron chi connectivity index (χ1n) is 8.69. The first kappa shape index (κ1) is 20.6. The molecule has 2 aromatic carbocycles. The number of carbonyl (C=O) groups excluding carboxylic acids is 2. The normalized spacial score (nSPS) is 11.5. The summed E-state index contributed by atoms with van der Waals surface area (Å²) in [5.41, 5.74) is 0.0931. The first-order chi connectivity index (χ1) is 12.6. The van der Waals surface area contributed by atoms with Gasteiger partial charge in [-0.2, -0.15) is 0 Å². The predicted molar refractivity (Wildman–Crippen MR) is 104 cm³/mol.